The van der Waals surface area contributed by atoms with Crippen LogP contribution >= 0.6 is 11.6 Å². The smallest absolute Gasteiger partial charge is 0.314 e. The highest BCUT2D eigenvalue weighted by molar-refractivity contribution is 6.31. The number of hydrogen-bond donors (Lipinski definition) is 1. The van der Waals surface area contributed by atoms with Crippen LogP contribution in [0.25, 0.3) is 0 Å². The number of methoxy groups -OCH3 is 1. The van der Waals surface area contributed by atoms with Gasteiger partial charge in [0.2, 0.25) is 0 Å². The van der Waals surface area contributed by atoms with Crippen LogP contribution in [0.4, 0.5) is 8.78 Å². The van der Waals surface area contributed by atoms with Gasteiger partial charge in [-0.15, -0.1) is 0 Å². The minimum Gasteiger partial charge on any atom is -0.469 e. The van der Waals surface area contributed by atoms with Crippen molar-refractivity contribution in [3.05, 3.63) is 34.4 Å². The maximum atomic E-state index is 13.6. The van der Waals surface area contributed by atoms with Gasteiger partial charge in [0, 0.05) is 12.1 Å². The summed E-state index contributed by atoms with van der Waals surface area (Å²) in [7, 11) is 1.16. The molecule has 1 aromatic carbocycles. The van der Waals surface area contributed by atoms with Gasteiger partial charge < -0.3 is 10.5 Å². The highest BCUT2D eigenvalue weighted by Gasteiger charge is 2.25. The van der Waals surface area contributed by atoms with Crippen molar-refractivity contribution in [2.75, 3.05) is 13.7 Å². The van der Waals surface area contributed by atoms with Gasteiger partial charge in [0.1, 0.15) is 16.7 Å². The van der Waals surface area contributed by atoms with Crippen LogP contribution < -0.4 is 5.73 Å². The topological polar surface area (TPSA) is 52.3 Å². The van der Waals surface area contributed by atoms with E-state index in [0.717, 1.165) is 19.2 Å². The lowest BCUT2D eigenvalue weighted by Crippen LogP contribution is -2.24. The minimum absolute atomic E-state index is 0.0687. The second-order valence-electron chi connectivity index (χ2n) is 3.08. The second kappa shape index (κ2) is 5.23. The Kier molecular flexibility index (Phi) is 4.20. The summed E-state index contributed by atoms with van der Waals surface area (Å²) < 4.78 is 30.9. The minimum atomic E-state index is -0.984. The van der Waals surface area contributed by atoms with Gasteiger partial charge in [-0.1, -0.05) is 17.7 Å². The number of carbonyl (C=O) groups excluding carboxylic acids is 1. The molecule has 1 aromatic rings. The molecule has 0 saturated heterocycles. The first-order valence-corrected chi connectivity index (χ1v) is 4.82. The Bertz CT molecular complexity index is 412. The van der Waals surface area contributed by atoms with Crippen LogP contribution in [0.15, 0.2) is 12.1 Å². The molecule has 0 fully saturated rings. The van der Waals surface area contributed by atoms with E-state index in [0.29, 0.717) is 0 Å². The molecule has 88 valence electrons. The maximum absolute atomic E-state index is 13.6. The highest BCUT2D eigenvalue weighted by Crippen LogP contribution is 2.27. The maximum Gasteiger partial charge on any atom is 0.314 e. The van der Waals surface area contributed by atoms with E-state index in [2.05, 4.69) is 4.74 Å². The van der Waals surface area contributed by atoms with Crippen molar-refractivity contribution in [3.63, 3.8) is 0 Å². The van der Waals surface area contributed by atoms with E-state index in [-0.39, 0.29) is 12.1 Å². The van der Waals surface area contributed by atoms with Gasteiger partial charge in [-0.05, 0) is 6.07 Å². The number of benzene rings is 1. The van der Waals surface area contributed by atoms with Crippen LogP contribution in [0, 0.1) is 11.6 Å². The van der Waals surface area contributed by atoms with Gasteiger partial charge >= 0.3 is 5.97 Å². The Hall–Kier alpha value is -1.20. The number of carbonyl (C=O) groups is 1. The average Bonchev–Trinajstić information content (AvgIpc) is 2.29. The highest BCUT2D eigenvalue weighted by atomic mass is 35.5. The predicted octanol–water partition coefficient (Wildman–Crippen LogP) is 1.83. The second-order valence-corrected chi connectivity index (χ2v) is 3.45. The van der Waals surface area contributed by atoms with E-state index in [9.17, 15) is 13.6 Å². The number of ether oxygens (including phenoxy) is 1. The Morgan fingerprint density at radius 1 is 1.56 bits per heavy atom. The van der Waals surface area contributed by atoms with E-state index in [1.165, 1.54) is 0 Å². The van der Waals surface area contributed by atoms with Gasteiger partial charge in [-0.3, -0.25) is 4.79 Å². The normalized spacial score (nSPS) is 12.3. The van der Waals surface area contributed by atoms with Crippen molar-refractivity contribution < 1.29 is 18.3 Å². The number of hydrogen-bond acceptors (Lipinski definition) is 3. The number of halogens is 3. The Balaban J connectivity index is 3.21. The molecular weight excluding hydrogens is 240 g/mol. The first kappa shape index (κ1) is 12.9. The van der Waals surface area contributed by atoms with Crippen LogP contribution in [0.2, 0.25) is 5.02 Å². The molecule has 0 aliphatic carbocycles. The van der Waals surface area contributed by atoms with Gasteiger partial charge in [0.05, 0.1) is 13.0 Å². The van der Waals surface area contributed by atoms with E-state index >= 15 is 0 Å². The summed E-state index contributed by atoms with van der Waals surface area (Å²) in [5.74, 6) is -3.54. The lowest BCUT2D eigenvalue weighted by Gasteiger charge is -2.14. The van der Waals surface area contributed by atoms with Crippen molar-refractivity contribution in [3.8, 4) is 0 Å². The summed E-state index contributed by atoms with van der Waals surface area (Å²) in [5.41, 5.74) is 5.27. The van der Waals surface area contributed by atoms with E-state index < -0.39 is 28.5 Å². The van der Waals surface area contributed by atoms with E-state index in [1.54, 1.807) is 0 Å². The molecule has 0 aliphatic rings. The summed E-state index contributed by atoms with van der Waals surface area (Å²) in [6.45, 7) is -0.147. The van der Waals surface area contributed by atoms with Gasteiger partial charge in [-0.2, -0.15) is 0 Å². The lowest BCUT2D eigenvalue weighted by atomic mass is 9.99. The molecule has 1 atom stereocenters. The first-order chi connectivity index (χ1) is 7.52. The zero-order valence-corrected chi connectivity index (χ0v) is 9.22. The molecule has 0 aromatic heterocycles. The third-order valence-corrected chi connectivity index (χ3v) is 2.51. The summed E-state index contributed by atoms with van der Waals surface area (Å²) in [6.07, 6.45) is 0. The molecule has 0 radical (unpaired) electrons. The molecule has 6 heteroatoms. The van der Waals surface area contributed by atoms with E-state index in [4.69, 9.17) is 17.3 Å². The SMILES string of the molecule is COC(=O)C(CN)c1ccc(F)c(Cl)c1F. The molecule has 0 saturated carbocycles. The van der Waals surface area contributed by atoms with Gasteiger partial charge in [0.15, 0.2) is 0 Å². The summed E-state index contributed by atoms with van der Waals surface area (Å²) in [4.78, 5) is 11.3. The van der Waals surface area contributed by atoms with Crippen molar-refractivity contribution in [2.24, 2.45) is 5.73 Å². The largest absolute Gasteiger partial charge is 0.469 e. The third kappa shape index (κ3) is 2.31. The molecule has 16 heavy (non-hydrogen) atoms. The van der Waals surface area contributed by atoms with Crippen LogP contribution in [-0.2, 0) is 9.53 Å². The van der Waals surface area contributed by atoms with Crippen LogP contribution in [-0.4, -0.2) is 19.6 Å². The van der Waals surface area contributed by atoms with Crippen LogP contribution in [0.5, 0.6) is 0 Å². The predicted molar refractivity (Wildman–Crippen MR) is 55.2 cm³/mol. The average molecular weight is 250 g/mol. The molecule has 0 spiro atoms. The first-order valence-electron chi connectivity index (χ1n) is 4.44. The zero-order valence-electron chi connectivity index (χ0n) is 8.47. The number of rotatable bonds is 3. The fourth-order valence-corrected chi connectivity index (χ4v) is 1.47. The summed E-state index contributed by atoms with van der Waals surface area (Å²) in [6, 6.07) is 2.11. The summed E-state index contributed by atoms with van der Waals surface area (Å²) >= 11 is 5.39. The van der Waals surface area contributed by atoms with Crippen molar-refractivity contribution in [1.29, 1.82) is 0 Å². The van der Waals surface area contributed by atoms with Crippen molar-refractivity contribution in [2.45, 2.75) is 5.92 Å². The molecule has 2 N–H and O–H groups in total. The molecule has 0 bridgehead atoms. The van der Waals surface area contributed by atoms with Crippen LogP contribution in [0.3, 0.4) is 0 Å². The Morgan fingerprint density at radius 3 is 2.69 bits per heavy atom. The van der Waals surface area contributed by atoms with Crippen molar-refractivity contribution in [1.82, 2.24) is 0 Å². The fraction of sp³-hybridized carbons (Fsp3) is 0.300. The quantitative estimate of drug-likeness (QED) is 0.657. The molecule has 1 rings (SSSR count). The molecule has 0 amide bonds. The van der Waals surface area contributed by atoms with Crippen LogP contribution in [0.1, 0.15) is 11.5 Å². The molecular formula is C10H10ClF2NO2. The molecule has 3 nitrogen and oxygen atoms in total. The molecule has 0 aliphatic heterocycles. The fourth-order valence-electron chi connectivity index (χ4n) is 1.30. The zero-order chi connectivity index (χ0) is 12.3. The van der Waals surface area contributed by atoms with Gasteiger partial charge in [-0.25, -0.2) is 8.78 Å². The van der Waals surface area contributed by atoms with Gasteiger partial charge in [0.25, 0.3) is 0 Å². The Labute approximate surface area is 96.1 Å². The standard InChI is InChI=1S/C10H10ClF2NO2/c1-16-10(15)6(4-14)5-2-3-7(12)8(11)9(5)13/h2-3,6H,4,14H2,1H3. The molecule has 0 heterocycles. The van der Waals surface area contributed by atoms with Crippen molar-refractivity contribution >= 4 is 17.6 Å². The number of esters is 1. The number of nitrogens with two attached hydrogens (primary N) is 1. The third-order valence-electron chi connectivity index (χ3n) is 2.16. The van der Waals surface area contributed by atoms with E-state index in [1.807, 2.05) is 0 Å². The monoisotopic (exact) mass is 249 g/mol. The molecule has 1 unspecified atom stereocenters. The Morgan fingerprint density at radius 2 is 2.19 bits per heavy atom. The summed E-state index contributed by atoms with van der Waals surface area (Å²) in [5, 5.41) is -0.653. The lowest BCUT2D eigenvalue weighted by molar-refractivity contribution is -0.142.